The highest BCUT2D eigenvalue weighted by atomic mass is 32.2. The Hall–Kier alpha value is -3.48. The molecule has 0 radical (unpaired) electrons. The van der Waals surface area contributed by atoms with E-state index in [0.717, 1.165) is 6.07 Å². The standard InChI is InChI=1S/C24H27F6N3O8S2/c1-5-17-32-18(20(42-17)39-11-23(25,26)27)43(37,38)33-10-14(8-12(2)19(34)35)40-16-7-6-13(9-15(16)33)31-21(36)41-22(3,4)24(28,29)30/h6-7,9,12,14H,5,8,10-11H2,1-4H3,(H,31,36)(H,34,35)/t12-,14-/m0/s1. The molecule has 0 aliphatic carbocycles. The van der Waals surface area contributed by atoms with Gasteiger partial charge >= 0.3 is 24.4 Å². The molecule has 2 aromatic rings. The number of nitrogens with one attached hydrogen (secondary N) is 1. The summed E-state index contributed by atoms with van der Waals surface area (Å²) in [4.78, 5) is 27.6. The number of rotatable bonds is 10. The largest absolute Gasteiger partial charge is 0.486 e. The normalized spacial score (nSPS) is 16.6. The van der Waals surface area contributed by atoms with Crippen molar-refractivity contribution in [2.24, 2.45) is 5.92 Å². The molecule has 1 aliphatic rings. The molecule has 1 aliphatic heterocycles. The molecule has 2 heterocycles. The molecule has 240 valence electrons. The van der Waals surface area contributed by atoms with E-state index in [2.05, 4.69) is 15.0 Å². The van der Waals surface area contributed by atoms with Crippen molar-refractivity contribution in [3.63, 3.8) is 0 Å². The lowest BCUT2D eigenvalue weighted by Gasteiger charge is -2.36. The van der Waals surface area contributed by atoms with Crippen molar-refractivity contribution in [2.75, 3.05) is 22.8 Å². The minimum Gasteiger partial charge on any atom is -0.486 e. The van der Waals surface area contributed by atoms with E-state index in [0.29, 0.717) is 29.5 Å². The number of aryl methyl sites for hydroxylation is 1. The van der Waals surface area contributed by atoms with Gasteiger partial charge in [0.1, 0.15) is 11.9 Å². The van der Waals surface area contributed by atoms with Gasteiger partial charge in [0.15, 0.2) is 6.61 Å². The Bertz CT molecular complexity index is 1460. The Kier molecular flexibility index (Phi) is 9.69. The summed E-state index contributed by atoms with van der Waals surface area (Å²) in [6.45, 7) is 1.86. The van der Waals surface area contributed by atoms with Crippen molar-refractivity contribution in [2.45, 2.75) is 69.6 Å². The number of benzene rings is 1. The number of carbonyl (C=O) groups excluding carboxylic acids is 1. The molecule has 3 rings (SSSR count). The Morgan fingerprint density at radius 3 is 2.44 bits per heavy atom. The Morgan fingerprint density at radius 2 is 1.88 bits per heavy atom. The van der Waals surface area contributed by atoms with Gasteiger partial charge in [0.2, 0.25) is 15.7 Å². The van der Waals surface area contributed by atoms with Crippen LogP contribution in [-0.2, 0) is 26.0 Å². The van der Waals surface area contributed by atoms with Gasteiger partial charge in [-0.15, -0.1) is 0 Å². The number of thiazole rings is 1. The summed E-state index contributed by atoms with van der Waals surface area (Å²) < 4.78 is 122. The number of hydrogen-bond donors (Lipinski definition) is 2. The van der Waals surface area contributed by atoms with Gasteiger partial charge in [0, 0.05) is 5.69 Å². The molecule has 0 bridgehead atoms. The van der Waals surface area contributed by atoms with E-state index < -0.39 is 75.3 Å². The number of aliphatic carboxylic acids is 1. The summed E-state index contributed by atoms with van der Waals surface area (Å²) in [6.07, 6.45) is -12.3. The van der Waals surface area contributed by atoms with E-state index in [4.69, 9.17) is 9.47 Å². The molecule has 0 spiro atoms. The fourth-order valence-electron chi connectivity index (χ4n) is 3.66. The number of aromatic nitrogens is 1. The van der Waals surface area contributed by atoms with Crippen LogP contribution in [0, 0.1) is 5.92 Å². The van der Waals surface area contributed by atoms with Gasteiger partial charge in [-0.25, -0.2) is 9.78 Å². The van der Waals surface area contributed by atoms with E-state index in [1.54, 1.807) is 6.92 Å². The third kappa shape index (κ3) is 8.12. The summed E-state index contributed by atoms with van der Waals surface area (Å²) >= 11 is 0.593. The van der Waals surface area contributed by atoms with Gasteiger partial charge in [-0.3, -0.25) is 14.4 Å². The summed E-state index contributed by atoms with van der Waals surface area (Å²) in [5, 5.41) is 10.1. The van der Waals surface area contributed by atoms with Gasteiger partial charge in [-0.2, -0.15) is 34.8 Å². The molecule has 1 aromatic heterocycles. The number of halogens is 6. The van der Waals surface area contributed by atoms with Crippen molar-refractivity contribution >= 4 is 44.8 Å². The average Bonchev–Trinajstić information content (AvgIpc) is 3.30. The van der Waals surface area contributed by atoms with Crippen molar-refractivity contribution in [1.82, 2.24) is 4.98 Å². The molecule has 11 nitrogen and oxygen atoms in total. The molecule has 2 atom stereocenters. The summed E-state index contributed by atoms with van der Waals surface area (Å²) in [6, 6.07) is 3.39. The van der Waals surface area contributed by atoms with Crippen LogP contribution in [0.1, 0.15) is 39.1 Å². The Balaban J connectivity index is 2.05. The first kappa shape index (κ1) is 34.0. The third-order valence-corrected chi connectivity index (χ3v) is 8.95. The number of alkyl halides is 6. The van der Waals surface area contributed by atoms with E-state index in [1.165, 1.54) is 19.1 Å². The summed E-state index contributed by atoms with van der Waals surface area (Å²) in [7, 11) is -4.83. The van der Waals surface area contributed by atoms with E-state index in [9.17, 15) is 49.5 Å². The Morgan fingerprint density at radius 1 is 1.23 bits per heavy atom. The lowest BCUT2D eigenvalue weighted by molar-refractivity contribution is -0.242. The van der Waals surface area contributed by atoms with E-state index in [1.807, 2.05) is 0 Å². The van der Waals surface area contributed by atoms with Crippen molar-refractivity contribution in [1.29, 1.82) is 0 Å². The van der Waals surface area contributed by atoms with Crippen LogP contribution >= 0.6 is 11.3 Å². The van der Waals surface area contributed by atoms with Crippen molar-refractivity contribution < 1.29 is 63.7 Å². The van der Waals surface area contributed by atoms with Crippen LogP contribution in [0.5, 0.6) is 10.8 Å². The lowest BCUT2D eigenvalue weighted by Crippen LogP contribution is -2.45. The number of sulfonamides is 1. The number of anilines is 2. The van der Waals surface area contributed by atoms with E-state index in [-0.39, 0.29) is 35.0 Å². The quantitative estimate of drug-likeness (QED) is 0.310. The van der Waals surface area contributed by atoms with Crippen LogP contribution < -0.4 is 19.1 Å². The summed E-state index contributed by atoms with van der Waals surface area (Å²) in [5.74, 6) is -2.31. The number of carbonyl (C=O) groups is 2. The number of nitrogens with zero attached hydrogens (tertiary/aromatic N) is 2. The Labute approximate surface area is 245 Å². The first-order valence-corrected chi connectivity index (χ1v) is 14.7. The number of fused-ring (bicyclic) bond motifs is 1. The first-order chi connectivity index (χ1) is 19.6. The second-order valence-corrected chi connectivity index (χ2v) is 12.7. The van der Waals surface area contributed by atoms with Gasteiger partial charge in [-0.1, -0.05) is 25.2 Å². The highest BCUT2D eigenvalue weighted by Gasteiger charge is 2.51. The summed E-state index contributed by atoms with van der Waals surface area (Å²) in [5.41, 5.74) is -3.35. The molecular weight excluding hydrogens is 636 g/mol. The van der Waals surface area contributed by atoms with Crippen LogP contribution in [-0.4, -0.2) is 67.8 Å². The molecule has 0 saturated carbocycles. The van der Waals surface area contributed by atoms with Crippen LogP contribution in [0.4, 0.5) is 42.5 Å². The smallest absolute Gasteiger partial charge is 0.427 e. The minimum atomic E-state index is -4.90. The minimum absolute atomic E-state index is 0.129. The molecule has 2 N–H and O–H groups in total. The number of carboxylic acid groups (broad SMARTS) is 1. The third-order valence-electron chi connectivity index (χ3n) is 6.02. The molecule has 19 heteroatoms. The second kappa shape index (κ2) is 12.3. The maximum Gasteiger partial charge on any atom is 0.427 e. The highest BCUT2D eigenvalue weighted by molar-refractivity contribution is 7.93. The fraction of sp³-hybridized carbons (Fsp3) is 0.542. The van der Waals surface area contributed by atoms with Crippen LogP contribution in [0.15, 0.2) is 23.2 Å². The van der Waals surface area contributed by atoms with Crippen molar-refractivity contribution in [3.05, 3.63) is 23.2 Å². The van der Waals surface area contributed by atoms with Gasteiger partial charge in [-0.05, 0) is 44.9 Å². The predicted octanol–water partition coefficient (Wildman–Crippen LogP) is 5.60. The van der Waals surface area contributed by atoms with Gasteiger partial charge < -0.3 is 19.3 Å². The van der Waals surface area contributed by atoms with E-state index >= 15 is 0 Å². The maximum atomic E-state index is 13.9. The van der Waals surface area contributed by atoms with Gasteiger partial charge in [0.05, 0.1) is 23.2 Å². The molecular formula is C24H27F6N3O8S2. The predicted molar refractivity (Wildman–Crippen MR) is 140 cm³/mol. The zero-order valence-corrected chi connectivity index (χ0v) is 24.6. The fourth-order valence-corrected chi connectivity index (χ4v) is 6.37. The van der Waals surface area contributed by atoms with Crippen LogP contribution in [0.2, 0.25) is 0 Å². The van der Waals surface area contributed by atoms with Crippen molar-refractivity contribution in [3.8, 4) is 10.8 Å². The molecule has 1 amide bonds. The number of hydrogen-bond acceptors (Lipinski definition) is 9. The maximum absolute atomic E-state index is 13.9. The van der Waals surface area contributed by atoms with Crippen LogP contribution in [0.3, 0.4) is 0 Å². The average molecular weight is 664 g/mol. The number of amides is 1. The zero-order chi connectivity index (χ0) is 32.5. The molecule has 0 saturated heterocycles. The first-order valence-electron chi connectivity index (χ1n) is 12.5. The topological polar surface area (TPSA) is 144 Å². The molecule has 43 heavy (non-hydrogen) atoms. The zero-order valence-electron chi connectivity index (χ0n) is 23.0. The molecule has 0 unspecified atom stereocenters. The monoisotopic (exact) mass is 663 g/mol. The number of ether oxygens (including phenoxy) is 3. The lowest BCUT2D eigenvalue weighted by atomic mass is 10.0. The van der Waals surface area contributed by atoms with Gasteiger partial charge in [0.25, 0.3) is 10.0 Å². The SMILES string of the molecule is CCc1nc(S(=O)(=O)N2C[C@H](C[C@H](C)C(=O)O)Oc3ccc(NC(=O)OC(C)(C)C(F)(F)F)cc32)c(OCC(F)(F)F)s1. The highest BCUT2D eigenvalue weighted by Crippen LogP contribution is 2.43. The number of carboxylic acids is 1. The van der Waals surface area contributed by atoms with Crippen LogP contribution in [0.25, 0.3) is 0 Å². The second-order valence-electron chi connectivity index (χ2n) is 9.91. The molecule has 0 fully saturated rings. The molecule has 1 aromatic carbocycles.